The van der Waals surface area contributed by atoms with Gasteiger partial charge in [0.05, 0.1) is 26.7 Å². The van der Waals surface area contributed by atoms with Gasteiger partial charge in [0.1, 0.15) is 5.82 Å². The largest absolute Gasteiger partial charge is 0.338 e. The van der Waals surface area contributed by atoms with Crippen LogP contribution in [-0.4, -0.2) is 28.9 Å². The Morgan fingerprint density at radius 2 is 1.84 bits per heavy atom. The predicted molar refractivity (Wildman–Crippen MR) is 126 cm³/mol. The molecule has 0 saturated carbocycles. The highest BCUT2D eigenvalue weighted by Gasteiger charge is 2.15. The molecule has 4 aromatic rings. The normalized spacial score (nSPS) is 13.1. The molecule has 0 bridgehead atoms. The van der Waals surface area contributed by atoms with E-state index in [-0.39, 0.29) is 4.90 Å². The van der Waals surface area contributed by atoms with E-state index in [0.29, 0.717) is 26.9 Å². The summed E-state index contributed by atoms with van der Waals surface area (Å²) in [6.45, 7) is 0. The number of nitrogens with two attached hydrogens (primary N) is 1. The number of aromatic nitrogens is 2. The highest BCUT2D eigenvalue weighted by atomic mass is 35.5. The van der Waals surface area contributed by atoms with Crippen molar-refractivity contribution >= 4 is 55.6 Å². The van der Waals surface area contributed by atoms with Crippen molar-refractivity contribution in [2.45, 2.75) is 9.79 Å². The van der Waals surface area contributed by atoms with Gasteiger partial charge in [-0.3, -0.25) is 4.21 Å². The molecule has 0 radical (unpaired) electrons. The third kappa shape index (κ3) is 4.62. The lowest BCUT2D eigenvalue weighted by molar-refractivity contribution is 0.598. The third-order valence-electron chi connectivity index (χ3n) is 4.71. The van der Waals surface area contributed by atoms with Gasteiger partial charge in [-0.2, -0.15) is 0 Å². The van der Waals surface area contributed by atoms with Gasteiger partial charge in [-0.15, -0.1) is 0 Å². The van der Waals surface area contributed by atoms with Crippen molar-refractivity contribution in [1.82, 2.24) is 9.97 Å². The molecule has 3 N–H and O–H groups in total. The molecule has 0 aliphatic carbocycles. The minimum atomic E-state index is -3.85. The molecule has 158 valence electrons. The van der Waals surface area contributed by atoms with E-state index in [1.54, 1.807) is 54.8 Å². The number of rotatable bonds is 5. The van der Waals surface area contributed by atoms with Gasteiger partial charge >= 0.3 is 0 Å². The van der Waals surface area contributed by atoms with Gasteiger partial charge in [0.25, 0.3) is 0 Å². The van der Waals surface area contributed by atoms with E-state index in [2.05, 4.69) is 9.97 Å². The van der Waals surface area contributed by atoms with Crippen molar-refractivity contribution in [2.75, 3.05) is 6.26 Å². The maximum atomic E-state index is 12.0. The van der Waals surface area contributed by atoms with Gasteiger partial charge in [-0.1, -0.05) is 48.0 Å². The van der Waals surface area contributed by atoms with Gasteiger partial charge in [0.2, 0.25) is 10.0 Å². The molecule has 6 nitrogen and oxygen atoms in total. The average Bonchev–Trinajstić information content (AvgIpc) is 3.14. The van der Waals surface area contributed by atoms with Crippen LogP contribution in [0.2, 0.25) is 5.02 Å². The summed E-state index contributed by atoms with van der Waals surface area (Å²) >= 11 is 6.01. The Morgan fingerprint density at radius 3 is 2.58 bits per heavy atom. The minimum absolute atomic E-state index is 0.0665. The molecule has 0 amide bonds. The van der Waals surface area contributed by atoms with Crippen molar-refractivity contribution in [3.63, 3.8) is 0 Å². The highest BCUT2D eigenvalue weighted by molar-refractivity contribution is 7.89. The number of H-pyrrole nitrogens is 1. The van der Waals surface area contributed by atoms with Crippen molar-refractivity contribution in [3.05, 3.63) is 77.1 Å². The molecule has 31 heavy (non-hydrogen) atoms. The summed E-state index contributed by atoms with van der Waals surface area (Å²) < 4.78 is 35.8. The van der Waals surface area contributed by atoms with Gasteiger partial charge < -0.3 is 4.98 Å². The van der Waals surface area contributed by atoms with Crippen LogP contribution in [0.4, 0.5) is 0 Å². The van der Waals surface area contributed by atoms with Crippen LogP contribution < -0.4 is 5.14 Å². The lowest BCUT2D eigenvalue weighted by atomic mass is 10.1. The average molecular weight is 472 g/mol. The maximum Gasteiger partial charge on any atom is 0.238 e. The second-order valence-electron chi connectivity index (χ2n) is 6.86. The zero-order valence-corrected chi connectivity index (χ0v) is 18.8. The Labute approximate surface area is 187 Å². The van der Waals surface area contributed by atoms with E-state index < -0.39 is 20.8 Å². The van der Waals surface area contributed by atoms with Crippen LogP contribution in [0.1, 0.15) is 11.4 Å². The Bertz CT molecular complexity index is 1460. The van der Waals surface area contributed by atoms with Crippen LogP contribution >= 0.6 is 11.6 Å². The van der Waals surface area contributed by atoms with Crippen molar-refractivity contribution < 1.29 is 12.6 Å². The number of benzene rings is 3. The van der Waals surface area contributed by atoms with Gasteiger partial charge in [-0.25, -0.2) is 18.5 Å². The number of nitrogens with one attached hydrogen (secondary N) is 1. The van der Waals surface area contributed by atoms with Crippen LogP contribution in [0.15, 0.2) is 70.5 Å². The molecule has 0 fully saturated rings. The Morgan fingerprint density at radius 1 is 1.06 bits per heavy atom. The molecule has 0 aliphatic rings. The first-order chi connectivity index (χ1) is 14.7. The van der Waals surface area contributed by atoms with E-state index in [4.69, 9.17) is 16.7 Å². The highest BCUT2D eigenvalue weighted by Crippen LogP contribution is 2.29. The standard InChI is InChI=1S/C22H18ClN3O3S2/c1-30(27)20-13-16(23)9-6-14(20)8-11-22-25-18-10-7-15(12-19(18)26-22)17-4-2-3-5-21(17)31(24,28)29/h2-13H,1H3,(H,25,26)(H2,24,28,29)/b11-8+. The molecule has 0 spiro atoms. The van der Waals surface area contributed by atoms with Crippen LogP contribution in [0.5, 0.6) is 0 Å². The maximum absolute atomic E-state index is 12.0. The molecular formula is C22H18ClN3O3S2. The fourth-order valence-corrected chi connectivity index (χ4v) is 5.05. The van der Waals surface area contributed by atoms with E-state index in [1.165, 1.54) is 6.07 Å². The van der Waals surface area contributed by atoms with E-state index in [1.807, 2.05) is 18.2 Å². The molecular weight excluding hydrogens is 454 g/mol. The summed E-state index contributed by atoms with van der Waals surface area (Å²) in [6.07, 6.45) is 5.21. The fourth-order valence-electron chi connectivity index (χ4n) is 3.29. The summed E-state index contributed by atoms with van der Waals surface area (Å²) in [6, 6.07) is 17.3. The number of nitrogens with zero attached hydrogens (tertiary/aromatic N) is 1. The van der Waals surface area contributed by atoms with Crippen LogP contribution in [0.25, 0.3) is 34.3 Å². The number of sulfonamides is 1. The summed E-state index contributed by atoms with van der Waals surface area (Å²) in [5, 5.41) is 5.89. The number of fused-ring (bicyclic) bond motifs is 1. The Hall–Kier alpha value is -2.78. The van der Waals surface area contributed by atoms with E-state index in [9.17, 15) is 12.6 Å². The van der Waals surface area contributed by atoms with Crippen molar-refractivity contribution in [1.29, 1.82) is 0 Å². The quantitative estimate of drug-likeness (QED) is 0.448. The SMILES string of the molecule is CS(=O)c1cc(Cl)ccc1/C=C/c1nc2ccc(-c3ccccc3S(N)(=O)=O)cc2[nH]1. The lowest BCUT2D eigenvalue weighted by Gasteiger charge is -2.07. The summed E-state index contributed by atoms with van der Waals surface area (Å²) in [4.78, 5) is 8.46. The van der Waals surface area contributed by atoms with E-state index >= 15 is 0 Å². The number of imidazole rings is 1. The topological polar surface area (TPSA) is 106 Å². The molecule has 1 atom stereocenters. The molecule has 9 heteroatoms. The molecule has 0 aliphatic heterocycles. The van der Waals surface area contributed by atoms with Gasteiger partial charge in [0.15, 0.2) is 0 Å². The molecule has 1 aromatic heterocycles. The summed E-state index contributed by atoms with van der Waals surface area (Å²) in [5.74, 6) is 0.606. The summed E-state index contributed by atoms with van der Waals surface area (Å²) in [7, 11) is -5.04. The molecule has 0 saturated heterocycles. The number of primary sulfonamides is 1. The number of aromatic amines is 1. The number of hydrogen-bond acceptors (Lipinski definition) is 4. The monoisotopic (exact) mass is 471 g/mol. The lowest BCUT2D eigenvalue weighted by Crippen LogP contribution is -2.13. The number of hydrogen-bond donors (Lipinski definition) is 2. The third-order valence-corrected chi connectivity index (χ3v) is 6.89. The Balaban J connectivity index is 1.72. The van der Waals surface area contributed by atoms with Crippen molar-refractivity contribution in [3.8, 4) is 11.1 Å². The first-order valence-electron chi connectivity index (χ1n) is 9.15. The second-order valence-corrected chi connectivity index (χ2v) is 10.2. The first-order valence-corrected chi connectivity index (χ1v) is 12.6. The van der Waals surface area contributed by atoms with Gasteiger partial charge in [0, 0.05) is 21.7 Å². The zero-order chi connectivity index (χ0) is 22.2. The fraction of sp³-hybridized carbons (Fsp3) is 0.0455. The second kappa shape index (κ2) is 8.39. The van der Waals surface area contributed by atoms with Crippen molar-refractivity contribution in [2.24, 2.45) is 5.14 Å². The zero-order valence-electron chi connectivity index (χ0n) is 16.4. The van der Waals surface area contributed by atoms with Crippen LogP contribution in [0.3, 0.4) is 0 Å². The smallest absolute Gasteiger partial charge is 0.238 e. The predicted octanol–water partition coefficient (Wildman–Crippen LogP) is 4.44. The molecule has 3 aromatic carbocycles. The van der Waals surface area contributed by atoms with Crippen LogP contribution in [0, 0.1) is 0 Å². The molecule has 1 unspecified atom stereocenters. The Kier molecular flexibility index (Phi) is 5.81. The van der Waals surface area contributed by atoms with Crippen LogP contribution in [-0.2, 0) is 20.8 Å². The minimum Gasteiger partial charge on any atom is -0.338 e. The van der Waals surface area contributed by atoms with Gasteiger partial charge in [-0.05, 0) is 47.5 Å². The molecule has 4 rings (SSSR count). The van der Waals surface area contributed by atoms with E-state index in [0.717, 1.165) is 16.6 Å². The molecule has 1 heterocycles. The summed E-state index contributed by atoms with van der Waals surface area (Å²) in [5.41, 5.74) is 3.49. The first kappa shape index (κ1) is 21.5. The number of halogens is 1.